The summed E-state index contributed by atoms with van der Waals surface area (Å²) in [6.07, 6.45) is 1.92. The van der Waals surface area contributed by atoms with E-state index in [9.17, 15) is 13.2 Å². The fraction of sp³-hybridized carbons (Fsp3) is 0.700. The van der Waals surface area contributed by atoms with Crippen LogP contribution in [-0.2, 0) is 28.9 Å². The Hall–Kier alpha value is -0.960. The Labute approximate surface area is 107 Å². The fourth-order valence-corrected chi connectivity index (χ4v) is 1.31. The van der Waals surface area contributed by atoms with Gasteiger partial charge in [-0.25, -0.2) is 8.98 Å². The van der Waals surface area contributed by atoms with Gasteiger partial charge in [0.05, 0.1) is 19.3 Å². The molecule has 0 aromatic heterocycles. The van der Waals surface area contributed by atoms with Crippen LogP contribution in [0.15, 0.2) is 12.7 Å². The molecular formula is C10H18O7S. The first-order valence-corrected chi connectivity index (χ1v) is 6.74. The number of carbonyl (C=O) groups excluding carboxylic acids is 1. The summed E-state index contributed by atoms with van der Waals surface area (Å²) in [5.41, 5.74) is 0. The maximum atomic E-state index is 10.7. The lowest BCUT2D eigenvalue weighted by Crippen LogP contribution is -2.19. The highest BCUT2D eigenvalue weighted by molar-refractivity contribution is 7.80. The normalized spacial score (nSPS) is 13.0. The van der Waals surface area contributed by atoms with E-state index in [1.807, 2.05) is 0 Å². The quantitative estimate of drug-likeness (QED) is 0.273. The molecule has 0 aliphatic heterocycles. The second-order valence-corrected chi connectivity index (χ2v) is 4.56. The first-order valence-electron chi connectivity index (χ1n) is 5.38. The Morgan fingerprint density at radius 3 is 2.56 bits per heavy atom. The van der Waals surface area contributed by atoms with E-state index in [4.69, 9.17) is 14.0 Å². The molecule has 0 aromatic rings. The summed E-state index contributed by atoms with van der Waals surface area (Å²) in [5.74, 6) is -0.467. The number of carbonyl (C=O) groups is 1. The molecule has 0 aromatic carbocycles. The topological polar surface area (TPSA) is 99.1 Å². The molecule has 1 N–H and O–H groups in total. The van der Waals surface area contributed by atoms with Gasteiger partial charge in [-0.05, 0) is 19.8 Å². The van der Waals surface area contributed by atoms with Crippen molar-refractivity contribution in [3.63, 3.8) is 0 Å². The Kier molecular flexibility index (Phi) is 8.55. The summed E-state index contributed by atoms with van der Waals surface area (Å²) < 4.78 is 42.9. The van der Waals surface area contributed by atoms with Crippen LogP contribution in [-0.4, -0.2) is 44.9 Å². The average Bonchev–Trinajstić information content (AvgIpc) is 2.29. The summed E-state index contributed by atoms with van der Waals surface area (Å²) in [6.45, 7) is 5.28. The van der Waals surface area contributed by atoms with E-state index >= 15 is 0 Å². The Bertz CT molecular complexity index is 349. The van der Waals surface area contributed by atoms with Gasteiger partial charge in [0, 0.05) is 12.7 Å². The minimum absolute atomic E-state index is 0.246. The molecule has 0 rings (SSSR count). The molecule has 0 bridgehead atoms. The van der Waals surface area contributed by atoms with E-state index in [2.05, 4.69) is 10.8 Å². The second kappa shape index (κ2) is 9.03. The zero-order valence-corrected chi connectivity index (χ0v) is 11.0. The van der Waals surface area contributed by atoms with Crippen LogP contribution in [0.5, 0.6) is 0 Å². The van der Waals surface area contributed by atoms with Crippen LogP contribution in [0.25, 0.3) is 0 Å². The Morgan fingerprint density at radius 1 is 1.39 bits per heavy atom. The van der Waals surface area contributed by atoms with Crippen molar-refractivity contribution in [3.8, 4) is 0 Å². The Morgan fingerprint density at radius 2 is 2.00 bits per heavy atom. The zero-order chi connectivity index (χ0) is 14.0. The molecule has 0 amide bonds. The molecule has 0 heterocycles. The van der Waals surface area contributed by atoms with Gasteiger partial charge in [-0.1, -0.05) is 6.58 Å². The fourth-order valence-electron chi connectivity index (χ4n) is 0.950. The first-order chi connectivity index (χ1) is 8.35. The number of unbranched alkanes of at least 4 members (excludes halogenated alkanes) is 1. The van der Waals surface area contributed by atoms with E-state index in [1.165, 1.54) is 0 Å². The standard InChI is InChI=1S/C10H18O7S/c1-3-10(11)16-7-5-4-6-15-9(2)8-17-18(12,13)14/h3,9H,1,4-8H2,2H3,(H,12,13,14). The largest absolute Gasteiger partial charge is 0.463 e. The molecule has 18 heavy (non-hydrogen) atoms. The van der Waals surface area contributed by atoms with E-state index in [1.54, 1.807) is 6.92 Å². The van der Waals surface area contributed by atoms with Crippen molar-refractivity contribution < 1.29 is 31.4 Å². The highest BCUT2D eigenvalue weighted by atomic mass is 32.3. The lowest BCUT2D eigenvalue weighted by atomic mass is 10.3. The van der Waals surface area contributed by atoms with Gasteiger partial charge in [-0.15, -0.1) is 0 Å². The molecule has 0 saturated heterocycles. The van der Waals surface area contributed by atoms with Gasteiger partial charge >= 0.3 is 16.4 Å². The van der Waals surface area contributed by atoms with Crippen molar-refractivity contribution in [1.82, 2.24) is 0 Å². The third-order valence-corrected chi connectivity index (χ3v) is 2.24. The molecule has 106 valence electrons. The number of hydrogen-bond donors (Lipinski definition) is 1. The van der Waals surface area contributed by atoms with Crippen molar-refractivity contribution in [1.29, 1.82) is 0 Å². The molecule has 0 fully saturated rings. The predicted molar refractivity (Wildman–Crippen MR) is 63.3 cm³/mol. The van der Waals surface area contributed by atoms with Gasteiger partial charge < -0.3 is 9.47 Å². The smallest absolute Gasteiger partial charge is 0.397 e. The van der Waals surface area contributed by atoms with E-state index in [-0.39, 0.29) is 13.2 Å². The van der Waals surface area contributed by atoms with E-state index < -0.39 is 22.5 Å². The number of hydrogen-bond acceptors (Lipinski definition) is 6. The van der Waals surface area contributed by atoms with Gasteiger partial charge in [0.25, 0.3) is 0 Å². The molecule has 0 saturated carbocycles. The van der Waals surface area contributed by atoms with Crippen LogP contribution < -0.4 is 0 Å². The van der Waals surface area contributed by atoms with Crippen molar-refractivity contribution in [2.45, 2.75) is 25.9 Å². The minimum Gasteiger partial charge on any atom is -0.463 e. The minimum atomic E-state index is -4.42. The molecule has 0 radical (unpaired) electrons. The van der Waals surface area contributed by atoms with Crippen molar-refractivity contribution in [3.05, 3.63) is 12.7 Å². The van der Waals surface area contributed by atoms with Crippen molar-refractivity contribution >= 4 is 16.4 Å². The van der Waals surface area contributed by atoms with Crippen molar-refractivity contribution in [2.75, 3.05) is 19.8 Å². The predicted octanol–water partition coefficient (Wildman–Crippen LogP) is 0.720. The first kappa shape index (κ1) is 17.0. The van der Waals surface area contributed by atoms with Crippen LogP contribution in [0.1, 0.15) is 19.8 Å². The molecule has 0 aliphatic rings. The SMILES string of the molecule is C=CC(=O)OCCCCOC(C)COS(=O)(=O)O. The van der Waals surface area contributed by atoms with Crippen molar-refractivity contribution in [2.24, 2.45) is 0 Å². The van der Waals surface area contributed by atoms with Crippen LogP contribution in [0.3, 0.4) is 0 Å². The summed E-state index contributed by atoms with van der Waals surface area (Å²) in [5, 5.41) is 0. The van der Waals surface area contributed by atoms with Crippen LogP contribution >= 0.6 is 0 Å². The summed E-state index contributed by atoms with van der Waals surface area (Å²) in [7, 11) is -4.42. The molecule has 0 aliphatic carbocycles. The molecular weight excluding hydrogens is 264 g/mol. The van der Waals surface area contributed by atoms with Gasteiger partial charge in [0.2, 0.25) is 0 Å². The van der Waals surface area contributed by atoms with Gasteiger partial charge in [-0.2, -0.15) is 8.42 Å². The van der Waals surface area contributed by atoms with Crippen LogP contribution in [0.4, 0.5) is 0 Å². The van der Waals surface area contributed by atoms with Crippen LogP contribution in [0.2, 0.25) is 0 Å². The molecule has 8 heteroatoms. The summed E-state index contributed by atoms with van der Waals surface area (Å²) >= 11 is 0. The highest BCUT2D eigenvalue weighted by Gasteiger charge is 2.09. The number of rotatable bonds is 10. The summed E-state index contributed by atoms with van der Waals surface area (Å²) in [6, 6.07) is 0. The lowest BCUT2D eigenvalue weighted by molar-refractivity contribution is -0.137. The van der Waals surface area contributed by atoms with Gasteiger partial charge in [0.1, 0.15) is 0 Å². The third kappa shape index (κ3) is 11.5. The number of ether oxygens (including phenoxy) is 2. The monoisotopic (exact) mass is 282 g/mol. The van der Waals surface area contributed by atoms with Crippen LogP contribution in [0, 0.1) is 0 Å². The zero-order valence-electron chi connectivity index (χ0n) is 10.2. The Balaban J connectivity index is 3.43. The average molecular weight is 282 g/mol. The highest BCUT2D eigenvalue weighted by Crippen LogP contribution is 1.99. The van der Waals surface area contributed by atoms with Gasteiger partial charge in [0.15, 0.2) is 0 Å². The lowest BCUT2D eigenvalue weighted by Gasteiger charge is -2.11. The molecule has 7 nitrogen and oxygen atoms in total. The summed E-state index contributed by atoms with van der Waals surface area (Å²) in [4.78, 5) is 10.7. The molecule has 0 spiro atoms. The second-order valence-electron chi connectivity index (χ2n) is 3.47. The maximum Gasteiger partial charge on any atom is 0.397 e. The maximum absolute atomic E-state index is 10.7. The van der Waals surface area contributed by atoms with Gasteiger partial charge in [-0.3, -0.25) is 4.55 Å². The molecule has 1 unspecified atom stereocenters. The number of esters is 1. The molecule has 1 atom stereocenters. The third-order valence-electron chi connectivity index (χ3n) is 1.80. The van der Waals surface area contributed by atoms with E-state index in [0.717, 1.165) is 6.08 Å². The van der Waals surface area contributed by atoms with E-state index in [0.29, 0.717) is 19.4 Å².